The van der Waals surface area contributed by atoms with E-state index >= 15 is 0 Å². The van der Waals surface area contributed by atoms with Crippen LogP contribution < -0.4 is 5.32 Å². The molecule has 0 aromatic carbocycles. The quantitative estimate of drug-likeness (QED) is 0.682. The smallest absolute Gasteiger partial charge is 0.271 e. The minimum Gasteiger partial charge on any atom is -0.341 e. The van der Waals surface area contributed by atoms with Crippen LogP contribution in [0.1, 0.15) is 34.8 Å². The van der Waals surface area contributed by atoms with Gasteiger partial charge in [0, 0.05) is 6.20 Å². The van der Waals surface area contributed by atoms with Crippen molar-refractivity contribution in [2.45, 2.75) is 31.5 Å². The monoisotopic (exact) mass is 306 g/mol. The predicted octanol–water partition coefficient (Wildman–Crippen LogP) is 2.61. The lowest BCUT2D eigenvalue weighted by Gasteiger charge is -2.16. The van der Waals surface area contributed by atoms with Gasteiger partial charge in [-0.2, -0.15) is 0 Å². The van der Waals surface area contributed by atoms with E-state index in [0.29, 0.717) is 10.9 Å². The Kier molecular flexibility index (Phi) is 3.06. The Bertz CT molecular complexity index is 708. The van der Waals surface area contributed by atoms with E-state index in [4.69, 9.17) is 0 Å². The minimum atomic E-state index is -0.356. The van der Waals surface area contributed by atoms with E-state index in [0.717, 1.165) is 21.1 Å². The van der Waals surface area contributed by atoms with E-state index in [9.17, 15) is 4.79 Å². The van der Waals surface area contributed by atoms with Crippen LogP contribution in [0.25, 0.3) is 10.7 Å². The topological polar surface area (TPSA) is 67.8 Å². The zero-order chi connectivity index (χ0) is 14.5. The van der Waals surface area contributed by atoms with Crippen LogP contribution in [0.5, 0.6) is 0 Å². The van der Waals surface area contributed by atoms with E-state index in [1.54, 1.807) is 6.20 Å². The number of amides is 1. The van der Waals surface area contributed by atoms with E-state index in [1.807, 2.05) is 27.0 Å². The predicted molar refractivity (Wildman–Crippen MR) is 80.2 cm³/mol. The number of fused-ring (bicyclic) bond motifs is 1. The van der Waals surface area contributed by atoms with Crippen LogP contribution in [-0.4, -0.2) is 27.1 Å². The summed E-state index contributed by atoms with van der Waals surface area (Å²) in [6, 6.07) is 0. The second-order valence-electron chi connectivity index (χ2n) is 5.16. The number of nitrogens with one attached hydrogen (secondary N) is 1. The van der Waals surface area contributed by atoms with Gasteiger partial charge in [0.1, 0.15) is 16.4 Å². The Labute approximate surface area is 125 Å². The lowest BCUT2D eigenvalue weighted by atomic mass is 10.1. The highest BCUT2D eigenvalue weighted by Crippen LogP contribution is 2.39. The highest BCUT2D eigenvalue weighted by atomic mass is 32.2. The van der Waals surface area contributed by atoms with Gasteiger partial charge in [0.05, 0.1) is 10.4 Å². The molecule has 104 valence electrons. The molecule has 0 atom stereocenters. The molecule has 5 nitrogen and oxygen atoms in total. The SMILES string of the molecule is CSc1ncc(C)c(-c2nc3c(s2)C(C)(C)NC3=O)n1. The van der Waals surface area contributed by atoms with Crippen molar-refractivity contribution in [3.63, 3.8) is 0 Å². The van der Waals surface area contributed by atoms with Gasteiger partial charge in [0.15, 0.2) is 5.16 Å². The molecule has 0 fully saturated rings. The number of hydrogen-bond acceptors (Lipinski definition) is 6. The minimum absolute atomic E-state index is 0.107. The molecule has 1 N–H and O–H groups in total. The summed E-state index contributed by atoms with van der Waals surface area (Å²) in [5, 5.41) is 4.42. The molecular weight excluding hydrogens is 292 g/mol. The summed E-state index contributed by atoms with van der Waals surface area (Å²) in [4.78, 5) is 26.1. The number of carbonyl (C=O) groups is 1. The lowest BCUT2D eigenvalue weighted by molar-refractivity contribution is 0.0936. The Morgan fingerprint density at radius 3 is 2.70 bits per heavy atom. The first-order valence-electron chi connectivity index (χ1n) is 6.14. The molecule has 3 rings (SSSR count). The summed E-state index contributed by atoms with van der Waals surface area (Å²) in [5.41, 5.74) is 1.95. The zero-order valence-corrected chi connectivity index (χ0v) is 13.3. The van der Waals surface area contributed by atoms with Crippen LogP contribution in [0.2, 0.25) is 0 Å². The number of nitrogens with zero attached hydrogens (tertiary/aromatic N) is 3. The summed E-state index contributed by atoms with van der Waals surface area (Å²) in [7, 11) is 0. The van der Waals surface area contributed by atoms with Crippen LogP contribution in [-0.2, 0) is 5.54 Å². The molecule has 0 unspecified atom stereocenters. The molecule has 0 saturated heterocycles. The van der Waals surface area contributed by atoms with E-state index in [-0.39, 0.29) is 11.4 Å². The van der Waals surface area contributed by atoms with Gasteiger partial charge >= 0.3 is 0 Å². The van der Waals surface area contributed by atoms with Crippen LogP contribution >= 0.6 is 23.1 Å². The Balaban J connectivity index is 2.14. The van der Waals surface area contributed by atoms with Gasteiger partial charge < -0.3 is 5.32 Å². The van der Waals surface area contributed by atoms with Gasteiger partial charge in [-0.3, -0.25) is 4.79 Å². The molecule has 0 saturated carbocycles. The maximum Gasteiger partial charge on any atom is 0.271 e. The standard InChI is InChI=1S/C13H14N4OS2/c1-6-5-14-12(19-4)16-7(6)11-15-8-9(20-11)13(2,3)17-10(8)18/h5H,1-4H3,(H,17,18). The third kappa shape index (κ3) is 2.01. The first kappa shape index (κ1) is 13.5. The molecule has 1 aliphatic heterocycles. The number of rotatable bonds is 2. The first-order valence-corrected chi connectivity index (χ1v) is 8.18. The number of thioether (sulfide) groups is 1. The van der Waals surface area contributed by atoms with Gasteiger partial charge in [-0.25, -0.2) is 15.0 Å². The van der Waals surface area contributed by atoms with E-state index in [2.05, 4.69) is 20.3 Å². The van der Waals surface area contributed by atoms with E-state index < -0.39 is 0 Å². The molecule has 0 radical (unpaired) electrons. The Morgan fingerprint density at radius 2 is 2.05 bits per heavy atom. The molecule has 0 aliphatic carbocycles. The molecule has 0 bridgehead atoms. The van der Waals surface area contributed by atoms with Gasteiger partial charge in [0.2, 0.25) is 0 Å². The molecule has 2 aromatic rings. The van der Waals surface area contributed by atoms with Crippen molar-refractivity contribution < 1.29 is 4.79 Å². The Hall–Kier alpha value is -1.47. The molecule has 3 heterocycles. The summed E-state index contributed by atoms with van der Waals surface area (Å²) in [6.45, 7) is 5.93. The third-order valence-corrected chi connectivity index (χ3v) is 5.12. The van der Waals surface area contributed by atoms with Crippen LogP contribution in [0.15, 0.2) is 11.4 Å². The molecular formula is C13H14N4OS2. The third-order valence-electron chi connectivity index (χ3n) is 3.17. The second-order valence-corrected chi connectivity index (χ2v) is 6.94. The van der Waals surface area contributed by atoms with Crippen LogP contribution in [0, 0.1) is 6.92 Å². The number of thiazole rings is 1. The summed E-state index contributed by atoms with van der Waals surface area (Å²) in [5.74, 6) is -0.107. The number of hydrogen-bond donors (Lipinski definition) is 1. The second kappa shape index (κ2) is 4.53. The average Bonchev–Trinajstić information content (AvgIpc) is 2.92. The lowest BCUT2D eigenvalue weighted by Crippen LogP contribution is -2.32. The fraction of sp³-hybridized carbons (Fsp3) is 0.385. The molecule has 7 heteroatoms. The maximum absolute atomic E-state index is 11.9. The normalized spacial score (nSPS) is 16.1. The van der Waals surface area contributed by atoms with Crippen molar-refractivity contribution in [3.05, 3.63) is 22.3 Å². The Morgan fingerprint density at radius 1 is 1.30 bits per heavy atom. The van der Waals surface area contributed by atoms with Crippen molar-refractivity contribution in [1.29, 1.82) is 0 Å². The van der Waals surface area contributed by atoms with Gasteiger partial charge in [0.25, 0.3) is 5.91 Å². The zero-order valence-electron chi connectivity index (χ0n) is 11.6. The first-order chi connectivity index (χ1) is 9.42. The highest BCUT2D eigenvalue weighted by molar-refractivity contribution is 7.98. The molecule has 1 amide bonds. The molecule has 20 heavy (non-hydrogen) atoms. The largest absolute Gasteiger partial charge is 0.341 e. The van der Waals surface area contributed by atoms with Crippen LogP contribution in [0.4, 0.5) is 0 Å². The van der Waals surface area contributed by atoms with Crippen LogP contribution in [0.3, 0.4) is 0 Å². The number of carbonyl (C=O) groups excluding carboxylic acids is 1. The molecule has 0 spiro atoms. The maximum atomic E-state index is 11.9. The molecule has 1 aliphatic rings. The van der Waals surface area contributed by atoms with Crippen molar-refractivity contribution in [2.75, 3.05) is 6.26 Å². The number of aromatic nitrogens is 3. The highest BCUT2D eigenvalue weighted by Gasteiger charge is 2.39. The van der Waals surface area contributed by atoms with E-state index in [1.165, 1.54) is 23.1 Å². The van der Waals surface area contributed by atoms with Gasteiger partial charge in [-0.05, 0) is 32.6 Å². The van der Waals surface area contributed by atoms with Gasteiger partial charge in [-0.15, -0.1) is 11.3 Å². The fourth-order valence-corrected chi connectivity index (χ4v) is 3.65. The van der Waals surface area contributed by atoms with Crippen molar-refractivity contribution in [2.24, 2.45) is 0 Å². The number of aryl methyl sites for hydroxylation is 1. The van der Waals surface area contributed by atoms with Crippen molar-refractivity contribution >= 4 is 29.0 Å². The van der Waals surface area contributed by atoms with Crippen molar-refractivity contribution in [3.8, 4) is 10.7 Å². The summed E-state index contributed by atoms with van der Waals surface area (Å²) >= 11 is 3.02. The van der Waals surface area contributed by atoms with Gasteiger partial charge in [-0.1, -0.05) is 11.8 Å². The van der Waals surface area contributed by atoms with Crippen molar-refractivity contribution in [1.82, 2.24) is 20.3 Å². The molecule has 2 aromatic heterocycles. The fourth-order valence-electron chi connectivity index (χ4n) is 2.14. The average molecular weight is 306 g/mol. The summed E-state index contributed by atoms with van der Waals surface area (Å²) < 4.78 is 0. The summed E-state index contributed by atoms with van der Waals surface area (Å²) in [6.07, 6.45) is 3.73.